The summed E-state index contributed by atoms with van der Waals surface area (Å²) in [5.41, 5.74) is 30.2. The average Bonchev–Trinajstić information content (AvgIpc) is 3.75. The second kappa shape index (κ2) is 29.3. The van der Waals surface area contributed by atoms with Crippen LogP contribution in [-0.4, -0.2) is 143 Å². The van der Waals surface area contributed by atoms with Crippen molar-refractivity contribution in [3.63, 3.8) is 0 Å². The first-order valence-electron chi connectivity index (χ1n) is 24.3. The number of carboxylic acids is 1. The molecule has 1 aromatic heterocycles. The number of para-hydroxylation sites is 1. The summed E-state index contributed by atoms with van der Waals surface area (Å²) in [6, 6.07) is 4.69. The number of amides is 8. The number of nitrogens with two attached hydrogens (primary N) is 5. The number of hydrogen-bond acceptors (Lipinski definition) is 12. The Morgan fingerprint density at radius 1 is 0.743 bits per heavy atom. The van der Waals surface area contributed by atoms with Gasteiger partial charge < -0.3 is 81.3 Å². The Morgan fingerprint density at radius 2 is 1.35 bits per heavy atom. The van der Waals surface area contributed by atoms with E-state index in [0.717, 1.165) is 10.9 Å². The van der Waals surface area contributed by atoms with E-state index in [4.69, 9.17) is 28.7 Å². The van der Waals surface area contributed by atoms with Crippen molar-refractivity contribution < 1.29 is 48.3 Å². The lowest BCUT2D eigenvalue weighted by Gasteiger charge is -2.29. The standard InChI is InChI=1S/C48H70N16O10/c1-26(49)39-45(72)63-36(23-28-11-4-3-5-12-28)43(70)59-33(16-9-22-56-48(52)53)41(68)62-37(24-29-25-57-31-14-7-6-13-30(29)31)44(71)61-35(46(73)74)17-10-20-54-38(66)19-18-34(42(69)64-39)60-40(67)32(58-27(2)65)15-8-21-55-47(50)51/h3-7,11-14,25-26,32-37,39,57H,8-10,15-24,49H2,1-2H3,(H,54,66)(H,58,65)(H,59,70)(H,60,67)(H,61,71)(H,62,68)(H,63,72)(H,64,69)(H,73,74)(H4,50,51,55)(H4,52,53,56)/t26?,32-,33-,34-,35-,36+,37-,39-/m0/s1. The van der Waals surface area contributed by atoms with Gasteiger partial charge in [0.2, 0.25) is 47.3 Å². The fourth-order valence-corrected chi connectivity index (χ4v) is 8.04. The minimum absolute atomic E-state index is 0.0358. The maximum absolute atomic E-state index is 14.5. The molecule has 20 N–H and O–H groups in total. The van der Waals surface area contributed by atoms with Crippen LogP contribution < -0.4 is 71.2 Å². The molecular formula is C48H70N16O10. The summed E-state index contributed by atoms with van der Waals surface area (Å²) in [5, 5.41) is 31.9. The molecule has 402 valence electrons. The van der Waals surface area contributed by atoms with Gasteiger partial charge in [-0.15, -0.1) is 0 Å². The predicted molar refractivity (Wildman–Crippen MR) is 274 cm³/mol. The summed E-state index contributed by atoms with van der Waals surface area (Å²) in [7, 11) is 0. The van der Waals surface area contributed by atoms with E-state index >= 15 is 0 Å². The van der Waals surface area contributed by atoms with Crippen molar-refractivity contribution in [2.45, 2.75) is 126 Å². The van der Waals surface area contributed by atoms with E-state index < -0.39 is 102 Å². The molecule has 0 saturated carbocycles. The second-order valence-corrected chi connectivity index (χ2v) is 17.9. The Hall–Kier alpha value is -8.29. The molecule has 1 saturated heterocycles. The Bertz CT molecular complexity index is 2490. The van der Waals surface area contributed by atoms with Crippen molar-refractivity contribution in [1.82, 2.24) is 47.5 Å². The zero-order valence-corrected chi connectivity index (χ0v) is 41.5. The van der Waals surface area contributed by atoms with Crippen LogP contribution in [0.5, 0.6) is 0 Å². The van der Waals surface area contributed by atoms with E-state index in [-0.39, 0.29) is 95.8 Å². The molecule has 8 amide bonds. The van der Waals surface area contributed by atoms with Crippen LogP contribution in [0.4, 0.5) is 0 Å². The third kappa shape index (κ3) is 19.4. The maximum atomic E-state index is 14.5. The SMILES string of the molecule is CC(=O)N[C@@H](CCCN=C(N)N)C(=O)N[C@H]1CCC(=O)NCCC[C@@H](C(=O)O)NC(=O)[C@H](Cc2c[nH]c3ccccc23)NC(=O)[C@H](CCCN=C(N)N)NC(=O)[C@@H](Cc2ccccc2)NC(=O)[C@H](C(C)N)NC1=O. The van der Waals surface area contributed by atoms with Crippen LogP contribution in [0, 0.1) is 0 Å². The molecule has 0 spiro atoms. The number of aliphatic imine (C=N–C) groups is 2. The molecule has 3 aromatic rings. The Morgan fingerprint density at radius 3 is 2.01 bits per heavy atom. The zero-order valence-electron chi connectivity index (χ0n) is 41.5. The van der Waals surface area contributed by atoms with Gasteiger partial charge in [0.1, 0.15) is 42.3 Å². The molecule has 0 aliphatic carbocycles. The smallest absolute Gasteiger partial charge is 0.326 e. The summed E-state index contributed by atoms with van der Waals surface area (Å²) in [6.07, 6.45) is 0.892. The molecule has 1 unspecified atom stereocenters. The molecule has 2 aromatic carbocycles. The number of aromatic nitrogens is 1. The summed E-state index contributed by atoms with van der Waals surface area (Å²) in [6.45, 7) is 2.69. The number of fused-ring (bicyclic) bond motifs is 1. The number of nitrogens with zero attached hydrogens (tertiary/aromatic N) is 2. The van der Waals surface area contributed by atoms with Crippen molar-refractivity contribution in [3.8, 4) is 0 Å². The van der Waals surface area contributed by atoms with E-state index in [0.29, 0.717) is 11.1 Å². The van der Waals surface area contributed by atoms with Crippen molar-refractivity contribution in [1.29, 1.82) is 0 Å². The second-order valence-electron chi connectivity index (χ2n) is 17.9. The van der Waals surface area contributed by atoms with Gasteiger partial charge in [0, 0.05) is 69.0 Å². The number of H-pyrrole nitrogens is 1. The molecule has 2 heterocycles. The number of aliphatic carboxylic acids is 1. The molecule has 1 fully saturated rings. The third-order valence-electron chi connectivity index (χ3n) is 11.9. The summed E-state index contributed by atoms with van der Waals surface area (Å²) >= 11 is 0. The van der Waals surface area contributed by atoms with Gasteiger partial charge in [0.05, 0.1) is 0 Å². The number of carbonyl (C=O) groups excluding carboxylic acids is 8. The van der Waals surface area contributed by atoms with Crippen molar-refractivity contribution in [3.05, 3.63) is 71.9 Å². The van der Waals surface area contributed by atoms with Crippen molar-refractivity contribution >= 4 is 76.0 Å². The van der Waals surface area contributed by atoms with E-state index in [1.54, 1.807) is 42.6 Å². The van der Waals surface area contributed by atoms with E-state index in [9.17, 15) is 48.3 Å². The summed E-state index contributed by atoms with van der Waals surface area (Å²) in [4.78, 5) is 135. The highest BCUT2D eigenvalue weighted by Crippen LogP contribution is 2.20. The minimum atomic E-state index is -1.56. The van der Waals surface area contributed by atoms with E-state index in [1.165, 1.54) is 13.8 Å². The number of hydrogen-bond donors (Lipinski definition) is 15. The molecule has 1 aliphatic rings. The maximum Gasteiger partial charge on any atom is 0.326 e. The normalized spacial score (nSPS) is 21.7. The van der Waals surface area contributed by atoms with Crippen molar-refractivity contribution in [2.24, 2.45) is 38.7 Å². The van der Waals surface area contributed by atoms with Gasteiger partial charge >= 0.3 is 5.97 Å². The molecular weight excluding hydrogens is 961 g/mol. The van der Waals surface area contributed by atoms with Crippen LogP contribution in [0.3, 0.4) is 0 Å². The van der Waals surface area contributed by atoms with Gasteiger partial charge in [-0.2, -0.15) is 0 Å². The lowest BCUT2D eigenvalue weighted by atomic mass is 10.0. The number of nitrogens with one attached hydrogen (secondary N) is 9. The fourth-order valence-electron chi connectivity index (χ4n) is 8.04. The zero-order chi connectivity index (χ0) is 54.3. The quantitative estimate of drug-likeness (QED) is 0.0356. The van der Waals surface area contributed by atoms with Gasteiger partial charge in [-0.25, -0.2) is 4.79 Å². The topological polar surface area (TPSA) is 441 Å². The lowest BCUT2D eigenvalue weighted by molar-refractivity contribution is -0.142. The first-order valence-corrected chi connectivity index (χ1v) is 24.3. The highest BCUT2D eigenvalue weighted by molar-refractivity contribution is 5.98. The number of carboxylic acid groups (broad SMARTS) is 1. The van der Waals surface area contributed by atoms with Crippen LogP contribution in [-0.2, 0) is 56.0 Å². The molecule has 8 atom stereocenters. The van der Waals surface area contributed by atoms with Crippen LogP contribution in [0.2, 0.25) is 0 Å². The van der Waals surface area contributed by atoms with Gasteiger partial charge in [-0.3, -0.25) is 48.3 Å². The highest BCUT2D eigenvalue weighted by Gasteiger charge is 2.36. The van der Waals surface area contributed by atoms with Crippen LogP contribution in [0.25, 0.3) is 10.9 Å². The summed E-state index contributed by atoms with van der Waals surface area (Å²) < 4.78 is 0. The summed E-state index contributed by atoms with van der Waals surface area (Å²) in [5.74, 6) is -8.23. The van der Waals surface area contributed by atoms with Gasteiger partial charge in [-0.05, 0) is 69.1 Å². The Balaban J connectivity index is 1.76. The predicted octanol–water partition coefficient (Wildman–Crippen LogP) is -3.40. The van der Waals surface area contributed by atoms with Gasteiger partial charge in [-0.1, -0.05) is 48.5 Å². The fraction of sp³-hybridized carbons (Fsp3) is 0.479. The number of benzene rings is 2. The third-order valence-corrected chi connectivity index (χ3v) is 11.9. The molecule has 26 heteroatoms. The monoisotopic (exact) mass is 1030 g/mol. The van der Waals surface area contributed by atoms with Crippen LogP contribution in [0.1, 0.15) is 76.3 Å². The molecule has 4 rings (SSSR count). The van der Waals surface area contributed by atoms with E-state index in [2.05, 4.69) is 57.5 Å². The highest BCUT2D eigenvalue weighted by atomic mass is 16.4. The Labute approximate surface area is 427 Å². The average molecular weight is 1030 g/mol. The number of aromatic amines is 1. The van der Waals surface area contributed by atoms with Crippen LogP contribution in [0.15, 0.2) is 70.8 Å². The first-order chi connectivity index (χ1) is 35.2. The van der Waals surface area contributed by atoms with Gasteiger partial charge in [0.25, 0.3) is 0 Å². The molecule has 0 bridgehead atoms. The lowest BCUT2D eigenvalue weighted by Crippen LogP contribution is -2.63. The Kier molecular flexibility index (Phi) is 23.1. The molecule has 1 aliphatic heterocycles. The largest absolute Gasteiger partial charge is 0.480 e. The molecule has 0 radical (unpaired) electrons. The number of carbonyl (C=O) groups is 9. The van der Waals surface area contributed by atoms with E-state index in [1.807, 2.05) is 18.2 Å². The first kappa shape index (κ1) is 58.3. The number of rotatable bonds is 17. The minimum Gasteiger partial charge on any atom is -0.480 e. The van der Waals surface area contributed by atoms with Crippen LogP contribution >= 0.6 is 0 Å². The molecule has 26 nitrogen and oxygen atoms in total. The van der Waals surface area contributed by atoms with Crippen molar-refractivity contribution in [2.75, 3.05) is 19.6 Å². The molecule has 74 heavy (non-hydrogen) atoms. The van der Waals surface area contributed by atoms with Gasteiger partial charge in [0.15, 0.2) is 11.9 Å². The number of guanidine groups is 2.